The maximum atomic E-state index is 12.4. The van der Waals surface area contributed by atoms with Gasteiger partial charge in [-0.2, -0.15) is 13.2 Å². The molecule has 1 saturated heterocycles. The van der Waals surface area contributed by atoms with E-state index in [0.29, 0.717) is 25.4 Å². The summed E-state index contributed by atoms with van der Waals surface area (Å²) < 4.78 is 41.9. The molecular weight excluding hydrogens is 311 g/mol. The number of halogens is 3. The zero-order valence-corrected chi connectivity index (χ0v) is 13.5. The monoisotopic (exact) mass is 333 g/mol. The molecule has 0 bridgehead atoms. The molecule has 1 aliphatic heterocycles. The molecule has 0 unspecified atom stereocenters. The van der Waals surface area contributed by atoms with E-state index >= 15 is 0 Å². The van der Waals surface area contributed by atoms with Crippen molar-refractivity contribution in [3.8, 4) is 0 Å². The quantitative estimate of drug-likeness (QED) is 0.843. The molecule has 1 N–H and O–H groups in total. The molecule has 0 amide bonds. The Hall–Kier alpha value is -1.83. The van der Waals surface area contributed by atoms with Gasteiger partial charge in [-0.05, 0) is 32.9 Å². The minimum absolute atomic E-state index is 0.318. The number of pyridine rings is 1. The number of piperazine rings is 1. The number of ether oxygens (including phenoxy) is 1. The van der Waals surface area contributed by atoms with Gasteiger partial charge in [0.15, 0.2) is 0 Å². The van der Waals surface area contributed by atoms with Crippen LogP contribution in [0.2, 0.25) is 0 Å². The molecule has 2 heterocycles. The Morgan fingerprint density at radius 2 is 1.83 bits per heavy atom. The molecule has 0 saturated carbocycles. The van der Waals surface area contributed by atoms with Crippen LogP contribution < -0.4 is 10.2 Å². The minimum Gasteiger partial charge on any atom is -0.462 e. The summed E-state index contributed by atoms with van der Waals surface area (Å²) in [6.07, 6.45) is -4.37. The Kier molecular flexibility index (Phi) is 6.80. The largest absolute Gasteiger partial charge is 0.462 e. The van der Waals surface area contributed by atoms with Crippen LogP contribution in [-0.2, 0) is 15.7 Å². The first-order chi connectivity index (χ1) is 10.6. The molecule has 0 radical (unpaired) electrons. The van der Waals surface area contributed by atoms with Gasteiger partial charge in [-0.3, -0.25) is 4.79 Å². The van der Waals surface area contributed by atoms with Crippen LogP contribution >= 0.6 is 0 Å². The highest BCUT2D eigenvalue weighted by Crippen LogP contribution is 2.28. The van der Waals surface area contributed by atoms with E-state index < -0.39 is 11.9 Å². The molecule has 0 atom stereocenters. The molecule has 1 aromatic rings. The predicted molar refractivity (Wildman–Crippen MR) is 81.2 cm³/mol. The average molecular weight is 333 g/mol. The third kappa shape index (κ3) is 7.32. The first-order valence-electron chi connectivity index (χ1n) is 7.25. The van der Waals surface area contributed by atoms with Crippen LogP contribution in [0.25, 0.3) is 0 Å². The lowest BCUT2D eigenvalue weighted by Crippen LogP contribution is -2.44. The van der Waals surface area contributed by atoms with Crippen LogP contribution in [0.3, 0.4) is 0 Å². The second-order valence-corrected chi connectivity index (χ2v) is 5.94. The van der Waals surface area contributed by atoms with Gasteiger partial charge >= 0.3 is 6.18 Å². The van der Waals surface area contributed by atoms with Crippen LogP contribution in [0.5, 0.6) is 0 Å². The zero-order chi connectivity index (χ0) is 17.5. The maximum Gasteiger partial charge on any atom is 0.433 e. The molecule has 1 aromatic heterocycles. The molecular formula is C15H22F3N3O2. The van der Waals surface area contributed by atoms with Gasteiger partial charge in [0.1, 0.15) is 17.1 Å². The van der Waals surface area contributed by atoms with Crippen molar-refractivity contribution in [1.29, 1.82) is 0 Å². The van der Waals surface area contributed by atoms with Gasteiger partial charge in [0.25, 0.3) is 6.47 Å². The third-order valence-corrected chi connectivity index (χ3v) is 2.87. The van der Waals surface area contributed by atoms with E-state index in [-0.39, 0.29) is 5.60 Å². The minimum atomic E-state index is -4.37. The van der Waals surface area contributed by atoms with Gasteiger partial charge < -0.3 is 15.0 Å². The van der Waals surface area contributed by atoms with Crippen molar-refractivity contribution in [3.05, 3.63) is 23.9 Å². The molecule has 8 heteroatoms. The van der Waals surface area contributed by atoms with Crippen molar-refractivity contribution in [3.63, 3.8) is 0 Å². The van der Waals surface area contributed by atoms with E-state index in [2.05, 4.69) is 15.0 Å². The Bertz CT molecular complexity index is 495. The maximum absolute atomic E-state index is 12.4. The standard InChI is InChI=1S/C10H12F3N3.C5H10O2/c11-10(12,13)8-2-1-3-9(15-8)16-6-4-14-5-7-16;1-5(2,3)7-4-6/h1-3,14H,4-7H2;4H,1-3H3. The normalized spacial score (nSPS) is 15.5. The number of nitrogens with zero attached hydrogens (tertiary/aromatic N) is 2. The number of hydrogen-bond donors (Lipinski definition) is 1. The summed E-state index contributed by atoms with van der Waals surface area (Å²) in [7, 11) is 0. The number of carbonyl (C=O) groups is 1. The molecule has 0 aliphatic carbocycles. The van der Waals surface area contributed by atoms with Crippen molar-refractivity contribution >= 4 is 12.3 Å². The van der Waals surface area contributed by atoms with Gasteiger partial charge in [-0.1, -0.05) is 6.07 Å². The summed E-state index contributed by atoms with van der Waals surface area (Å²) in [4.78, 5) is 15.1. The molecule has 0 spiro atoms. The predicted octanol–water partition coefficient (Wildman–Crippen LogP) is 2.47. The van der Waals surface area contributed by atoms with Gasteiger partial charge in [0, 0.05) is 26.2 Å². The van der Waals surface area contributed by atoms with E-state index in [0.717, 1.165) is 19.2 Å². The van der Waals surface area contributed by atoms with E-state index in [1.807, 2.05) is 25.7 Å². The van der Waals surface area contributed by atoms with E-state index in [1.165, 1.54) is 6.07 Å². The Balaban J connectivity index is 0.000000322. The topological polar surface area (TPSA) is 54.5 Å². The summed E-state index contributed by atoms with van der Waals surface area (Å²) in [5, 5.41) is 3.14. The van der Waals surface area contributed by atoms with Crippen molar-refractivity contribution < 1.29 is 22.7 Å². The lowest BCUT2D eigenvalue weighted by atomic mass is 10.2. The molecule has 1 fully saturated rings. The van der Waals surface area contributed by atoms with Gasteiger partial charge in [-0.15, -0.1) is 0 Å². The highest BCUT2D eigenvalue weighted by atomic mass is 19.4. The number of rotatable bonds is 2. The van der Waals surface area contributed by atoms with Crippen molar-refractivity contribution in [2.24, 2.45) is 0 Å². The van der Waals surface area contributed by atoms with Crippen LogP contribution in [0, 0.1) is 0 Å². The molecule has 0 aromatic carbocycles. The lowest BCUT2D eigenvalue weighted by molar-refractivity contribution is -0.141. The van der Waals surface area contributed by atoms with Gasteiger partial charge in [-0.25, -0.2) is 4.98 Å². The van der Waals surface area contributed by atoms with Gasteiger partial charge in [0.2, 0.25) is 0 Å². The number of anilines is 1. The fraction of sp³-hybridized carbons (Fsp3) is 0.600. The molecule has 23 heavy (non-hydrogen) atoms. The van der Waals surface area contributed by atoms with E-state index in [1.54, 1.807) is 6.07 Å². The first kappa shape index (κ1) is 19.2. The average Bonchev–Trinajstić information content (AvgIpc) is 2.47. The van der Waals surface area contributed by atoms with Crippen LogP contribution in [0.1, 0.15) is 26.5 Å². The Morgan fingerprint density at radius 1 is 1.22 bits per heavy atom. The number of carbonyl (C=O) groups excluding carboxylic acids is 1. The molecule has 1 aliphatic rings. The number of hydrogen-bond acceptors (Lipinski definition) is 5. The molecule has 2 rings (SSSR count). The summed E-state index contributed by atoms with van der Waals surface area (Å²) in [5.41, 5.74) is -1.15. The SMILES string of the molecule is CC(C)(C)OC=O.FC(F)(F)c1cccc(N2CCNCC2)n1. The molecule has 5 nitrogen and oxygen atoms in total. The highest BCUT2D eigenvalue weighted by molar-refractivity contribution is 5.40. The van der Waals surface area contributed by atoms with Crippen LogP contribution in [0.4, 0.5) is 19.0 Å². The summed E-state index contributed by atoms with van der Waals surface area (Å²) in [5.74, 6) is 0.399. The van der Waals surface area contributed by atoms with E-state index in [4.69, 9.17) is 0 Å². The number of aromatic nitrogens is 1. The first-order valence-corrected chi connectivity index (χ1v) is 7.25. The van der Waals surface area contributed by atoms with Crippen LogP contribution in [-0.4, -0.2) is 43.2 Å². The van der Waals surface area contributed by atoms with E-state index in [9.17, 15) is 18.0 Å². The zero-order valence-electron chi connectivity index (χ0n) is 13.5. The van der Waals surface area contributed by atoms with Crippen molar-refractivity contribution in [2.45, 2.75) is 32.5 Å². The summed E-state index contributed by atoms with van der Waals surface area (Å²) >= 11 is 0. The second kappa shape index (κ2) is 8.14. The summed E-state index contributed by atoms with van der Waals surface area (Å²) in [6.45, 7) is 8.85. The van der Waals surface area contributed by atoms with Crippen LogP contribution in [0.15, 0.2) is 18.2 Å². The Morgan fingerprint density at radius 3 is 2.26 bits per heavy atom. The molecule has 130 valence electrons. The fourth-order valence-corrected chi connectivity index (χ4v) is 1.80. The second-order valence-electron chi connectivity index (χ2n) is 5.94. The van der Waals surface area contributed by atoms with Gasteiger partial charge in [0.05, 0.1) is 0 Å². The number of alkyl halides is 3. The van der Waals surface area contributed by atoms with Crippen molar-refractivity contribution in [2.75, 3.05) is 31.1 Å². The third-order valence-electron chi connectivity index (χ3n) is 2.87. The number of nitrogens with one attached hydrogen (secondary N) is 1. The fourth-order valence-electron chi connectivity index (χ4n) is 1.80. The smallest absolute Gasteiger partial charge is 0.433 e. The lowest BCUT2D eigenvalue weighted by Gasteiger charge is -2.28. The van der Waals surface area contributed by atoms with Crippen molar-refractivity contribution in [1.82, 2.24) is 10.3 Å². The highest BCUT2D eigenvalue weighted by Gasteiger charge is 2.32. The Labute approximate surface area is 133 Å². The summed E-state index contributed by atoms with van der Waals surface area (Å²) in [6, 6.07) is 4.00.